The van der Waals surface area contributed by atoms with Crippen LogP contribution in [0.2, 0.25) is 0 Å². The van der Waals surface area contributed by atoms with Crippen molar-refractivity contribution in [3.8, 4) is 5.69 Å². The molecule has 35 heavy (non-hydrogen) atoms. The summed E-state index contributed by atoms with van der Waals surface area (Å²) in [5, 5.41) is 14.5. The highest BCUT2D eigenvalue weighted by atomic mass is 32.2. The van der Waals surface area contributed by atoms with Crippen molar-refractivity contribution in [1.29, 1.82) is 0 Å². The van der Waals surface area contributed by atoms with Crippen LogP contribution in [0.15, 0.2) is 65.7 Å². The zero-order valence-corrected chi connectivity index (χ0v) is 21.4. The molecular formula is C28H33N3O3S. The van der Waals surface area contributed by atoms with Gasteiger partial charge in [0.2, 0.25) is 5.91 Å². The number of thioether (sulfide) groups is 1. The Morgan fingerprint density at radius 1 is 1.06 bits per heavy atom. The van der Waals surface area contributed by atoms with Crippen LogP contribution in [0.3, 0.4) is 0 Å². The van der Waals surface area contributed by atoms with Gasteiger partial charge in [0.25, 0.3) is 0 Å². The van der Waals surface area contributed by atoms with Crippen LogP contribution in [0.25, 0.3) is 5.69 Å². The van der Waals surface area contributed by atoms with E-state index in [2.05, 4.69) is 24.2 Å². The number of hydrogen-bond acceptors (Lipinski definition) is 4. The van der Waals surface area contributed by atoms with E-state index in [0.29, 0.717) is 5.92 Å². The molecule has 2 aromatic carbocycles. The summed E-state index contributed by atoms with van der Waals surface area (Å²) in [5.41, 5.74) is 1.97. The fourth-order valence-corrected chi connectivity index (χ4v) is 5.44. The maximum absolute atomic E-state index is 13.5. The summed E-state index contributed by atoms with van der Waals surface area (Å²) in [6, 6.07) is 18.0. The lowest BCUT2D eigenvalue weighted by Gasteiger charge is -2.32. The third-order valence-corrected chi connectivity index (χ3v) is 7.71. The van der Waals surface area contributed by atoms with Gasteiger partial charge in [-0.15, -0.1) is 16.9 Å². The first-order valence-corrected chi connectivity index (χ1v) is 13.2. The van der Waals surface area contributed by atoms with Crippen molar-refractivity contribution in [2.75, 3.05) is 4.90 Å². The van der Waals surface area contributed by atoms with E-state index in [4.69, 9.17) is 0 Å². The summed E-state index contributed by atoms with van der Waals surface area (Å²) >= 11 is 1.77. The van der Waals surface area contributed by atoms with Gasteiger partial charge in [-0.2, -0.15) is 0 Å². The number of carboxylic acid groups (broad SMARTS) is 1. The normalized spacial score (nSPS) is 17.9. The topological polar surface area (TPSA) is 75.4 Å². The fraction of sp³-hybridized carbons (Fsp3) is 0.393. The number of anilines is 1. The zero-order valence-electron chi connectivity index (χ0n) is 20.6. The Morgan fingerprint density at radius 3 is 2.31 bits per heavy atom. The zero-order chi connectivity index (χ0) is 24.9. The van der Waals surface area contributed by atoms with E-state index in [9.17, 15) is 14.7 Å². The predicted molar refractivity (Wildman–Crippen MR) is 140 cm³/mol. The van der Waals surface area contributed by atoms with E-state index in [1.807, 2.05) is 56.3 Å². The number of aromatic carboxylic acids is 1. The van der Waals surface area contributed by atoms with E-state index in [1.165, 1.54) is 16.7 Å². The molecule has 7 heteroatoms. The molecule has 0 unspecified atom stereocenters. The number of carbonyl (C=O) groups excluding carboxylic acids is 1. The number of carboxylic acids is 1. The van der Waals surface area contributed by atoms with E-state index in [1.54, 1.807) is 21.3 Å². The lowest BCUT2D eigenvalue weighted by molar-refractivity contribution is -0.123. The van der Waals surface area contributed by atoms with E-state index in [0.717, 1.165) is 37.1 Å². The molecule has 0 atom stereocenters. The second-order valence-electron chi connectivity index (χ2n) is 9.64. The van der Waals surface area contributed by atoms with E-state index < -0.39 is 5.97 Å². The number of nitrogens with zero attached hydrogens (tertiary/aromatic N) is 3. The Kier molecular flexibility index (Phi) is 7.96. The molecule has 6 nitrogen and oxygen atoms in total. The summed E-state index contributed by atoms with van der Waals surface area (Å²) in [7, 11) is 0. The second kappa shape index (κ2) is 11.1. The molecule has 0 bridgehead atoms. The van der Waals surface area contributed by atoms with Crippen LogP contribution in [-0.2, 0) is 10.5 Å². The van der Waals surface area contributed by atoms with Crippen LogP contribution in [0.1, 0.15) is 62.4 Å². The first-order valence-electron chi connectivity index (χ1n) is 12.3. The number of benzene rings is 2. The third-order valence-electron chi connectivity index (χ3n) is 6.62. The van der Waals surface area contributed by atoms with E-state index >= 15 is 0 Å². The molecule has 0 aliphatic heterocycles. The highest BCUT2D eigenvalue weighted by Gasteiger charge is 2.34. The molecule has 0 radical (unpaired) electrons. The first kappa shape index (κ1) is 25.0. The largest absolute Gasteiger partial charge is 0.477 e. The Labute approximate surface area is 211 Å². The van der Waals surface area contributed by atoms with Gasteiger partial charge in [0.1, 0.15) is 5.56 Å². The molecular weight excluding hydrogens is 458 g/mol. The van der Waals surface area contributed by atoms with Crippen molar-refractivity contribution in [3.63, 3.8) is 0 Å². The number of aromatic nitrogens is 2. The van der Waals surface area contributed by atoms with Crippen molar-refractivity contribution >= 4 is 29.5 Å². The molecule has 1 aliphatic carbocycles. The monoisotopic (exact) mass is 491 g/mol. The maximum atomic E-state index is 13.5. The average Bonchev–Trinajstić information content (AvgIpc) is 3.29. The Bertz CT molecular complexity index is 1150. The lowest BCUT2D eigenvalue weighted by atomic mass is 9.82. The number of carbonyl (C=O) groups is 2. The van der Waals surface area contributed by atoms with E-state index in [-0.39, 0.29) is 29.2 Å². The first-order chi connectivity index (χ1) is 16.8. The van der Waals surface area contributed by atoms with Crippen molar-refractivity contribution in [1.82, 2.24) is 9.78 Å². The molecule has 1 saturated carbocycles. The molecule has 1 heterocycles. The van der Waals surface area contributed by atoms with Gasteiger partial charge in [-0.1, -0.05) is 37.3 Å². The predicted octanol–water partition coefficient (Wildman–Crippen LogP) is 6.43. The van der Waals surface area contributed by atoms with Crippen LogP contribution in [-0.4, -0.2) is 32.8 Å². The maximum Gasteiger partial charge on any atom is 0.341 e. The van der Waals surface area contributed by atoms with Crippen molar-refractivity contribution in [2.24, 2.45) is 11.8 Å². The van der Waals surface area contributed by atoms with Gasteiger partial charge >= 0.3 is 5.97 Å². The van der Waals surface area contributed by atoms with Crippen LogP contribution < -0.4 is 4.90 Å². The number of rotatable bonds is 8. The standard InChI is InChI=1S/C28H33N3O3S/c1-19(2)31(27(32)22-13-9-20(3)10-14-22)26-25(28(33)34)17-30(29-26)23-15-11-21(12-16-23)18-35-24-7-5-4-6-8-24/h4-8,11-12,15-17,19-20,22H,9-10,13-14,18H2,1-3H3,(H,33,34). The van der Waals surface area contributed by atoms with Crippen LogP contribution in [0, 0.1) is 11.8 Å². The Hall–Kier alpha value is -3.06. The minimum Gasteiger partial charge on any atom is -0.477 e. The van der Waals surface area contributed by atoms with Crippen LogP contribution >= 0.6 is 11.8 Å². The van der Waals surface area contributed by atoms with Crippen LogP contribution in [0.5, 0.6) is 0 Å². The lowest BCUT2D eigenvalue weighted by Crippen LogP contribution is -2.43. The van der Waals surface area contributed by atoms with Gasteiger partial charge in [0.15, 0.2) is 5.82 Å². The summed E-state index contributed by atoms with van der Waals surface area (Å²) in [5.74, 6) is 0.506. The second-order valence-corrected chi connectivity index (χ2v) is 10.7. The highest BCUT2D eigenvalue weighted by molar-refractivity contribution is 7.98. The minimum atomic E-state index is -1.09. The summed E-state index contributed by atoms with van der Waals surface area (Å²) in [4.78, 5) is 28.4. The molecule has 3 aromatic rings. The van der Waals surface area contributed by atoms with Gasteiger partial charge in [-0.05, 0) is 75.3 Å². The fourth-order valence-electron chi connectivity index (χ4n) is 4.56. The summed E-state index contributed by atoms with van der Waals surface area (Å²) in [6.07, 6.45) is 5.25. The van der Waals surface area contributed by atoms with Crippen molar-refractivity contribution in [3.05, 3.63) is 71.9 Å². The molecule has 4 rings (SSSR count). The molecule has 1 fully saturated rings. The van der Waals surface area contributed by atoms with Gasteiger partial charge in [-0.25, -0.2) is 9.48 Å². The minimum absolute atomic E-state index is 0.0204. The molecule has 1 N–H and O–H groups in total. The van der Waals surface area contributed by atoms with Crippen molar-refractivity contribution in [2.45, 2.75) is 63.1 Å². The van der Waals surface area contributed by atoms with Gasteiger partial charge in [0.05, 0.1) is 5.69 Å². The Morgan fingerprint density at radius 2 is 1.71 bits per heavy atom. The Balaban J connectivity index is 1.56. The quantitative estimate of drug-likeness (QED) is 0.368. The average molecular weight is 492 g/mol. The summed E-state index contributed by atoms with van der Waals surface area (Å²) < 4.78 is 1.57. The molecule has 1 amide bonds. The van der Waals surface area contributed by atoms with Gasteiger partial charge < -0.3 is 5.11 Å². The SMILES string of the molecule is CC1CCC(C(=O)N(c2nn(-c3ccc(CSc4ccccc4)cc3)cc2C(=O)O)C(C)C)CC1. The third kappa shape index (κ3) is 5.96. The van der Waals surface area contributed by atoms with Crippen molar-refractivity contribution < 1.29 is 14.7 Å². The highest BCUT2D eigenvalue weighted by Crippen LogP contribution is 2.33. The molecule has 1 aliphatic rings. The number of hydrogen-bond donors (Lipinski definition) is 1. The molecule has 0 saturated heterocycles. The van der Waals surface area contributed by atoms with Gasteiger partial charge in [-0.3, -0.25) is 9.69 Å². The molecule has 1 aromatic heterocycles. The smallest absolute Gasteiger partial charge is 0.341 e. The summed E-state index contributed by atoms with van der Waals surface area (Å²) in [6.45, 7) is 6.04. The molecule has 0 spiro atoms. The number of amides is 1. The van der Waals surface area contributed by atoms with Gasteiger partial charge in [0, 0.05) is 28.8 Å². The van der Waals surface area contributed by atoms with Crippen LogP contribution in [0.4, 0.5) is 5.82 Å². The molecule has 184 valence electrons.